The minimum absolute atomic E-state index is 0.0900. The summed E-state index contributed by atoms with van der Waals surface area (Å²) in [6.45, 7) is 0. The van der Waals surface area contributed by atoms with E-state index in [0.717, 1.165) is 11.1 Å². The Morgan fingerprint density at radius 1 is 1.09 bits per heavy atom. The number of urea groups is 1. The number of anilines is 1. The van der Waals surface area contributed by atoms with Crippen LogP contribution in [0.15, 0.2) is 66.2 Å². The number of amides is 2. The van der Waals surface area contributed by atoms with Gasteiger partial charge in [-0.2, -0.15) is 14.8 Å². The molecule has 12 nitrogen and oxygen atoms in total. The fraction of sp³-hybridized carbons (Fsp3) is 0.0909. The molecule has 13 heteroatoms. The Bertz CT molecular complexity index is 1360. The number of nitrogens with zero attached hydrogens (tertiary/aromatic N) is 7. The molecule has 2 aromatic carbocycles. The summed E-state index contributed by atoms with van der Waals surface area (Å²) in [5.41, 5.74) is 6.11. The van der Waals surface area contributed by atoms with Gasteiger partial charge in [0.15, 0.2) is 17.4 Å². The van der Waals surface area contributed by atoms with Gasteiger partial charge in [0.25, 0.3) is 0 Å². The van der Waals surface area contributed by atoms with Crippen molar-refractivity contribution in [2.45, 2.75) is 0 Å². The first-order valence-corrected chi connectivity index (χ1v) is 10.0. The van der Waals surface area contributed by atoms with E-state index in [1.807, 2.05) is 0 Å². The number of pyridine rings is 1. The van der Waals surface area contributed by atoms with Crippen molar-refractivity contribution in [1.82, 2.24) is 25.2 Å². The monoisotopic (exact) mass is 478 g/mol. The lowest BCUT2D eigenvalue weighted by Gasteiger charge is -2.16. The first-order chi connectivity index (χ1) is 17.0. The molecule has 2 aromatic heterocycles. The lowest BCUT2D eigenvalue weighted by molar-refractivity contribution is 0.254. The van der Waals surface area contributed by atoms with Crippen molar-refractivity contribution in [2.75, 3.05) is 19.2 Å². The SMILES string of the molecule is COc1ccc(/C=N/N(C(N)=O)c2ccc(Oc3ccnc(-n4cnnn4)c3)c(F)c2)c(OC)c1. The Morgan fingerprint density at radius 3 is 2.63 bits per heavy atom. The summed E-state index contributed by atoms with van der Waals surface area (Å²) >= 11 is 0. The van der Waals surface area contributed by atoms with E-state index >= 15 is 0 Å². The fourth-order valence-electron chi connectivity index (χ4n) is 2.98. The lowest BCUT2D eigenvalue weighted by Crippen LogP contribution is -2.31. The van der Waals surface area contributed by atoms with Crippen LogP contribution in [0.2, 0.25) is 0 Å². The summed E-state index contributed by atoms with van der Waals surface area (Å²) in [6, 6.07) is 11.1. The molecule has 0 bridgehead atoms. The number of ether oxygens (including phenoxy) is 3. The van der Waals surface area contributed by atoms with Gasteiger partial charge in [-0.05, 0) is 40.8 Å². The van der Waals surface area contributed by atoms with E-state index in [4.69, 9.17) is 19.9 Å². The molecule has 0 aliphatic heterocycles. The van der Waals surface area contributed by atoms with Crippen LogP contribution in [0.5, 0.6) is 23.0 Å². The topological polar surface area (TPSA) is 143 Å². The predicted molar refractivity (Wildman–Crippen MR) is 123 cm³/mol. The highest BCUT2D eigenvalue weighted by Crippen LogP contribution is 2.29. The van der Waals surface area contributed by atoms with Crippen LogP contribution in [0.4, 0.5) is 14.9 Å². The Kier molecular flexibility index (Phi) is 6.76. The number of carbonyl (C=O) groups excluding carboxylic acids is 1. The predicted octanol–water partition coefficient (Wildman–Crippen LogP) is 2.93. The molecule has 178 valence electrons. The van der Waals surface area contributed by atoms with Gasteiger partial charge in [-0.3, -0.25) is 0 Å². The summed E-state index contributed by atoms with van der Waals surface area (Å²) in [4.78, 5) is 16.1. The number of aromatic nitrogens is 5. The number of rotatable bonds is 8. The van der Waals surface area contributed by atoms with Crippen LogP contribution in [-0.4, -0.2) is 51.7 Å². The van der Waals surface area contributed by atoms with Crippen molar-refractivity contribution in [3.05, 3.63) is 72.4 Å². The van der Waals surface area contributed by atoms with Gasteiger partial charge in [0.2, 0.25) is 0 Å². The van der Waals surface area contributed by atoms with Crippen LogP contribution in [0.25, 0.3) is 5.82 Å². The van der Waals surface area contributed by atoms with Crippen molar-refractivity contribution < 1.29 is 23.4 Å². The Balaban J connectivity index is 1.56. The maximum Gasteiger partial charge on any atom is 0.340 e. The van der Waals surface area contributed by atoms with Gasteiger partial charge in [0.05, 0.1) is 26.1 Å². The second-order valence-corrected chi connectivity index (χ2v) is 6.82. The van der Waals surface area contributed by atoms with E-state index in [0.29, 0.717) is 28.6 Å². The van der Waals surface area contributed by atoms with Crippen molar-refractivity contribution >= 4 is 17.9 Å². The van der Waals surface area contributed by atoms with Crippen LogP contribution in [0.1, 0.15) is 5.56 Å². The molecule has 4 rings (SSSR count). The molecule has 2 heterocycles. The Hall–Kier alpha value is -5.07. The van der Waals surface area contributed by atoms with Gasteiger partial charge in [-0.15, -0.1) is 5.10 Å². The Labute approximate surface area is 198 Å². The third kappa shape index (κ3) is 5.30. The molecule has 35 heavy (non-hydrogen) atoms. The molecule has 0 atom stereocenters. The minimum atomic E-state index is -0.915. The van der Waals surface area contributed by atoms with Crippen LogP contribution in [-0.2, 0) is 0 Å². The van der Waals surface area contributed by atoms with Gasteiger partial charge < -0.3 is 19.9 Å². The number of primary amides is 1. The highest BCUT2D eigenvalue weighted by molar-refractivity contribution is 5.93. The maximum atomic E-state index is 14.9. The van der Waals surface area contributed by atoms with Crippen LogP contribution in [0.3, 0.4) is 0 Å². The second-order valence-electron chi connectivity index (χ2n) is 6.82. The van der Waals surface area contributed by atoms with Gasteiger partial charge in [0, 0.05) is 30.0 Å². The van der Waals surface area contributed by atoms with E-state index in [-0.39, 0.29) is 11.4 Å². The molecule has 0 aliphatic carbocycles. The van der Waals surface area contributed by atoms with Crippen LogP contribution >= 0.6 is 0 Å². The third-order valence-corrected chi connectivity index (χ3v) is 4.65. The molecule has 2 N–H and O–H groups in total. The lowest BCUT2D eigenvalue weighted by atomic mass is 10.2. The standard InChI is InChI=1S/C22H19FN8O4/c1-33-16-5-3-14(20(10-16)34-2)12-27-31(22(24)32)15-4-6-19(18(23)9-15)35-17-7-8-25-21(11-17)30-13-26-28-29-30/h3-13H,1-2H3,(H2,24,32)/b27-12+. The zero-order chi connectivity index (χ0) is 24.8. The van der Waals surface area contributed by atoms with Gasteiger partial charge >= 0.3 is 6.03 Å². The third-order valence-electron chi connectivity index (χ3n) is 4.65. The molecular weight excluding hydrogens is 459 g/mol. The van der Waals surface area contributed by atoms with Gasteiger partial charge in [0.1, 0.15) is 23.6 Å². The van der Waals surface area contributed by atoms with Crippen molar-refractivity contribution in [3.63, 3.8) is 0 Å². The van der Waals surface area contributed by atoms with E-state index in [2.05, 4.69) is 25.6 Å². The highest BCUT2D eigenvalue weighted by Gasteiger charge is 2.16. The number of methoxy groups -OCH3 is 2. The zero-order valence-corrected chi connectivity index (χ0v) is 18.6. The fourth-order valence-corrected chi connectivity index (χ4v) is 2.98. The molecule has 0 fully saturated rings. The summed E-state index contributed by atoms with van der Waals surface area (Å²) < 4.78 is 32.3. The number of hydrazone groups is 1. The number of hydrogen-bond donors (Lipinski definition) is 1. The molecule has 0 unspecified atom stereocenters. The molecular formula is C22H19FN8O4. The average Bonchev–Trinajstić information content (AvgIpc) is 3.41. The van der Waals surface area contributed by atoms with Crippen LogP contribution < -0.4 is 25.0 Å². The van der Waals surface area contributed by atoms with Crippen molar-refractivity contribution in [2.24, 2.45) is 10.8 Å². The average molecular weight is 478 g/mol. The van der Waals surface area contributed by atoms with Gasteiger partial charge in [-0.25, -0.2) is 14.2 Å². The zero-order valence-electron chi connectivity index (χ0n) is 18.6. The van der Waals surface area contributed by atoms with E-state index in [1.165, 1.54) is 55.8 Å². The second kappa shape index (κ2) is 10.2. The van der Waals surface area contributed by atoms with E-state index < -0.39 is 11.8 Å². The molecule has 2 amide bonds. The molecule has 0 saturated carbocycles. The Morgan fingerprint density at radius 2 is 1.94 bits per heavy atom. The minimum Gasteiger partial charge on any atom is -0.497 e. The highest BCUT2D eigenvalue weighted by atomic mass is 19.1. The molecule has 0 aliphatic rings. The van der Waals surface area contributed by atoms with E-state index in [9.17, 15) is 9.18 Å². The largest absolute Gasteiger partial charge is 0.497 e. The summed E-state index contributed by atoms with van der Waals surface area (Å²) in [5.74, 6) is 0.898. The number of halogens is 1. The number of benzene rings is 2. The smallest absolute Gasteiger partial charge is 0.340 e. The number of carbonyl (C=O) groups is 1. The van der Waals surface area contributed by atoms with Gasteiger partial charge in [-0.1, -0.05) is 0 Å². The van der Waals surface area contributed by atoms with Crippen molar-refractivity contribution in [3.8, 4) is 28.8 Å². The van der Waals surface area contributed by atoms with E-state index in [1.54, 1.807) is 24.3 Å². The molecule has 0 saturated heterocycles. The molecule has 4 aromatic rings. The number of tetrazole rings is 1. The first kappa shape index (κ1) is 23.1. The number of nitrogens with two attached hydrogens (primary N) is 1. The van der Waals surface area contributed by atoms with Crippen molar-refractivity contribution in [1.29, 1.82) is 0 Å². The first-order valence-electron chi connectivity index (χ1n) is 10.0. The maximum absolute atomic E-state index is 14.9. The van der Waals surface area contributed by atoms with Crippen LogP contribution in [0, 0.1) is 5.82 Å². The summed E-state index contributed by atoms with van der Waals surface area (Å²) in [6.07, 6.45) is 4.19. The summed E-state index contributed by atoms with van der Waals surface area (Å²) in [7, 11) is 3.02. The molecule has 0 spiro atoms. The molecule has 0 radical (unpaired) electrons. The summed E-state index contributed by atoms with van der Waals surface area (Å²) in [5, 5.41) is 15.8. The normalized spacial score (nSPS) is 10.8. The number of hydrogen-bond acceptors (Lipinski definition) is 9. The quantitative estimate of drug-likeness (QED) is 0.301.